The highest BCUT2D eigenvalue weighted by atomic mass is 32.2. The number of amides is 2. The minimum Gasteiger partial charge on any atom is -0.790 e. The molecule has 6 N–H and O–H groups in total. The summed E-state index contributed by atoms with van der Waals surface area (Å²) < 4.78 is 61.1. The van der Waals surface area contributed by atoms with E-state index in [0.29, 0.717) is 11.3 Å². The Kier molecular flexibility index (Phi) is 15.3. The summed E-state index contributed by atoms with van der Waals surface area (Å²) in [6.45, 7) is 1.20. The molecule has 0 bridgehead atoms. The number of aliphatic hydroxyl groups excluding tert-OH is 2. The summed E-state index contributed by atoms with van der Waals surface area (Å²) >= 11 is 1.01. The van der Waals surface area contributed by atoms with Crippen molar-refractivity contribution in [3.05, 3.63) is 48.5 Å². The third-order valence-electron chi connectivity index (χ3n) is 8.21. The number of fused-ring (bicyclic) bond motifs is 1. The number of hydrogen-bond donors (Lipinski definition) is 5. The van der Waals surface area contributed by atoms with Gasteiger partial charge in [-0.25, -0.2) is 19.3 Å². The third-order valence-corrected chi connectivity index (χ3v) is 12.1. The van der Waals surface area contributed by atoms with Crippen molar-refractivity contribution in [2.45, 2.75) is 57.3 Å². The van der Waals surface area contributed by atoms with Crippen molar-refractivity contribution in [1.82, 2.24) is 30.2 Å². The molecule has 2 aromatic heterocycles. The van der Waals surface area contributed by atoms with Crippen LogP contribution in [0.15, 0.2) is 43.0 Å². The molecule has 1 aliphatic rings. The number of nitrogen functional groups attached to an aromatic ring is 1. The summed E-state index contributed by atoms with van der Waals surface area (Å²) in [4.78, 5) is 96.6. The number of nitrogens with zero attached hydrogens (tertiary/aromatic N) is 4. The van der Waals surface area contributed by atoms with Crippen molar-refractivity contribution in [3.8, 4) is 0 Å². The SMILES string of the molecule is CC(C)(COP(=O)([O-])OP(=O)([O-])OCC1OC(C)(n2cnc3c(N)ncnc32)C(O)C1OP(=O)([O-])[O-])C(O)C(=O)NCCC(=O)NCCSC(=O)c1ccccc1. The third kappa shape index (κ3) is 12.6. The Balaban J connectivity index is 1.26. The van der Waals surface area contributed by atoms with Crippen LogP contribution in [0, 0.1) is 5.41 Å². The molecule has 0 aliphatic carbocycles. The van der Waals surface area contributed by atoms with Crippen LogP contribution < -0.4 is 35.9 Å². The standard InChI is InChI=1S/C29H42N7O17P3S/c1-28(2,23(39)26(40)32-10-9-19(37)31-11-12-57-27(41)17-7-5-4-6-8-17)14-50-56(47,48)53-55(45,46)49-13-18-21(52-54(42,43)44)22(38)29(3,51-18)36-16-35-20-24(30)33-15-34-25(20)36/h4-8,15-16,18,21-23,38-39H,9-14H2,1-3H3,(H,31,37)(H,32,40)(H,45,46)(H,47,48)(H2,30,33,34)(H2,42,43,44)/p-4. The summed E-state index contributed by atoms with van der Waals surface area (Å²) in [5.41, 5.74) is 2.53. The van der Waals surface area contributed by atoms with E-state index in [1.54, 1.807) is 30.3 Å². The number of phosphoric ester groups is 3. The van der Waals surface area contributed by atoms with Gasteiger partial charge in [-0.2, -0.15) is 0 Å². The van der Waals surface area contributed by atoms with Gasteiger partial charge in [0.1, 0.15) is 36.3 Å². The summed E-state index contributed by atoms with van der Waals surface area (Å²) in [6, 6.07) is 8.54. The zero-order valence-corrected chi connectivity index (χ0v) is 33.7. The first-order valence-corrected chi connectivity index (χ1v) is 21.9. The van der Waals surface area contributed by atoms with E-state index in [-0.39, 0.29) is 41.6 Å². The number of imidazole rings is 1. The number of phosphoric acid groups is 3. The molecule has 1 aromatic carbocycles. The number of aliphatic hydroxyl groups is 2. The van der Waals surface area contributed by atoms with Crippen LogP contribution in [0.2, 0.25) is 0 Å². The van der Waals surface area contributed by atoms with Crippen LogP contribution >= 0.6 is 35.2 Å². The van der Waals surface area contributed by atoms with Gasteiger partial charge in [0.15, 0.2) is 17.2 Å². The number of ether oxygens (including phenoxy) is 1. The molecule has 316 valence electrons. The van der Waals surface area contributed by atoms with E-state index >= 15 is 0 Å². The van der Waals surface area contributed by atoms with Gasteiger partial charge < -0.3 is 69.0 Å². The molecule has 1 fully saturated rings. The lowest BCUT2D eigenvalue weighted by Crippen LogP contribution is -2.46. The van der Waals surface area contributed by atoms with Crippen LogP contribution in [0.25, 0.3) is 11.2 Å². The number of nitrogens with one attached hydrogen (secondary N) is 2. The lowest BCUT2D eigenvalue weighted by Gasteiger charge is -2.36. The predicted octanol–water partition coefficient (Wildman–Crippen LogP) is -2.38. The molecule has 57 heavy (non-hydrogen) atoms. The van der Waals surface area contributed by atoms with E-state index in [0.717, 1.165) is 29.0 Å². The highest BCUT2D eigenvalue weighted by Crippen LogP contribution is 2.56. The molecule has 4 rings (SSSR count). The van der Waals surface area contributed by atoms with Gasteiger partial charge in [0.25, 0.3) is 15.6 Å². The number of nitrogens with two attached hydrogens (primary N) is 1. The monoisotopic (exact) mass is 881 g/mol. The predicted molar refractivity (Wildman–Crippen MR) is 189 cm³/mol. The minimum absolute atomic E-state index is 0.0336. The molecule has 3 aromatic rings. The van der Waals surface area contributed by atoms with E-state index in [1.165, 1.54) is 20.8 Å². The van der Waals surface area contributed by atoms with Crippen molar-refractivity contribution >= 4 is 69.1 Å². The number of carbonyl (C=O) groups is 3. The van der Waals surface area contributed by atoms with E-state index < -0.39 is 84.1 Å². The van der Waals surface area contributed by atoms with Crippen molar-refractivity contribution in [2.75, 3.05) is 37.8 Å². The lowest BCUT2D eigenvalue weighted by atomic mass is 9.87. The zero-order valence-electron chi connectivity index (χ0n) is 30.2. The van der Waals surface area contributed by atoms with E-state index in [1.807, 2.05) is 0 Å². The number of thioether (sulfide) groups is 1. The van der Waals surface area contributed by atoms with Crippen LogP contribution in [0.1, 0.15) is 37.6 Å². The molecule has 7 unspecified atom stereocenters. The van der Waals surface area contributed by atoms with Crippen LogP contribution in [0.4, 0.5) is 5.82 Å². The largest absolute Gasteiger partial charge is 0.790 e. The maximum absolute atomic E-state index is 12.6. The molecule has 0 spiro atoms. The summed E-state index contributed by atoms with van der Waals surface area (Å²) in [5, 5.41) is 26.3. The summed E-state index contributed by atoms with van der Waals surface area (Å²) in [7, 11) is -17.7. The number of rotatable bonds is 20. The maximum Gasteiger partial charge on any atom is 0.274 e. The fourth-order valence-electron chi connectivity index (χ4n) is 5.22. The average Bonchev–Trinajstić information content (AvgIpc) is 3.67. The molecule has 2 amide bonds. The van der Waals surface area contributed by atoms with Gasteiger partial charge in [0.05, 0.1) is 27.4 Å². The van der Waals surface area contributed by atoms with E-state index in [2.05, 4.69) is 43.5 Å². The highest BCUT2D eigenvalue weighted by Gasteiger charge is 2.55. The fraction of sp³-hybridized carbons (Fsp3) is 0.517. The molecule has 0 saturated carbocycles. The Morgan fingerprint density at radius 2 is 1.72 bits per heavy atom. The van der Waals surface area contributed by atoms with Gasteiger partial charge in [-0.3, -0.25) is 28.1 Å². The zero-order chi connectivity index (χ0) is 42.4. The smallest absolute Gasteiger partial charge is 0.274 e. The Morgan fingerprint density at radius 3 is 2.39 bits per heavy atom. The van der Waals surface area contributed by atoms with Crippen LogP contribution in [-0.2, 0) is 51.6 Å². The Morgan fingerprint density at radius 1 is 1.05 bits per heavy atom. The number of aromatic nitrogens is 4. The molecule has 1 saturated heterocycles. The number of benzene rings is 1. The molecule has 0 radical (unpaired) electrons. The van der Waals surface area contributed by atoms with Crippen LogP contribution in [0.3, 0.4) is 0 Å². The Bertz CT molecular complexity index is 2060. The Hall–Kier alpha value is -3.22. The second-order valence-corrected chi connectivity index (χ2v) is 18.2. The van der Waals surface area contributed by atoms with Crippen molar-refractivity contribution in [3.63, 3.8) is 0 Å². The maximum atomic E-state index is 12.6. The van der Waals surface area contributed by atoms with E-state index in [4.69, 9.17) is 10.5 Å². The van der Waals surface area contributed by atoms with Crippen molar-refractivity contribution in [2.24, 2.45) is 5.41 Å². The second-order valence-electron chi connectivity index (χ2n) is 13.0. The minimum atomic E-state index is -5.94. The number of carbonyl (C=O) groups excluding carboxylic acids is 3. The van der Waals surface area contributed by atoms with Gasteiger partial charge in [-0.05, 0) is 6.92 Å². The number of hydrogen-bond acceptors (Lipinski definition) is 22. The molecule has 7 atom stereocenters. The van der Waals surface area contributed by atoms with Gasteiger partial charge in [0, 0.05) is 36.2 Å². The van der Waals surface area contributed by atoms with Gasteiger partial charge in [0.2, 0.25) is 16.9 Å². The molecular formula is C29H38N7O17P3S-4. The topological polar surface area (TPSA) is 375 Å². The lowest BCUT2D eigenvalue weighted by molar-refractivity contribution is -0.347. The molecular weight excluding hydrogens is 843 g/mol. The molecule has 28 heteroatoms. The number of anilines is 1. The molecule has 24 nitrogen and oxygen atoms in total. The van der Waals surface area contributed by atoms with Gasteiger partial charge in [-0.1, -0.05) is 55.9 Å². The van der Waals surface area contributed by atoms with Gasteiger partial charge in [-0.15, -0.1) is 0 Å². The second kappa shape index (κ2) is 18.8. The normalized spacial score (nSPS) is 22.7. The van der Waals surface area contributed by atoms with Crippen LogP contribution in [0.5, 0.6) is 0 Å². The van der Waals surface area contributed by atoms with Crippen LogP contribution in [-0.4, -0.2) is 103 Å². The molecule has 1 aliphatic heterocycles. The first kappa shape index (κ1) is 46.5. The first-order chi connectivity index (χ1) is 26.4. The fourth-order valence-corrected chi connectivity index (χ4v) is 8.64. The summed E-state index contributed by atoms with van der Waals surface area (Å²) in [5.74, 6) is -1.28. The Labute approximate surface area is 328 Å². The summed E-state index contributed by atoms with van der Waals surface area (Å²) in [6.07, 6.45) is -6.10. The highest BCUT2D eigenvalue weighted by molar-refractivity contribution is 8.14. The first-order valence-electron chi connectivity index (χ1n) is 16.5. The average molecular weight is 882 g/mol. The van der Waals surface area contributed by atoms with Crippen molar-refractivity contribution < 1.29 is 80.5 Å². The molecule has 3 heterocycles. The van der Waals surface area contributed by atoms with Crippen molar-refractivity contribution in [1.29, 1.82) is 0 Å². The quantitative estimate of drug-likeness (QED) is 0.0584. The van der Waals surface area contributed by atoms with E-state index in [9.17, 15) is 57.9 Å². The van der Waals surface area contributed by atoms with Gasteiger partial charge >= 0.3 is 0 Å².